The van der Waals surface area contributed by atoms with Crippen LogP contribution in [0.2, 0.25) is 10.0 Å². The Hall–Kier alpha value is -0.460. The first kappa shape index (κ1) is 11.5. The van der Waals surface area contributed by atoms with Crippen molar-refractivity contribution >= 4 is 23.2 Å². The van der Waals surface area contributed by atoms with Gasteiger partial charge >= 0.3 is 0 Å². The molecule has 0 N–H and O–H groups in total. The number of hydrogen-bond donors (Lipinski definition) is 0. The molecule has 1 rings (SSSR count). The molecule has 0 aliphatic carbocycles. The smallest absolute Gasteiger partial charge is 0.0452 e. The lowest BCUT2D eigenvalue weighted by Gasteiger charge is -2.01. The predicted octanol–water partition coefficient (Wildman–Crippen LogP) is 4.36. The molecule has 0 aliphatic heterocycles. The first-order chi connectivity index (χ1) is 5.75. The third kappa shape index (κ3) is 2.88. The molecule has 0 nitrogen and oxygen atoms in total. The van der Waals surface area contributed by atoms with Crippen LogP contribution in [-0.4, -0.2) is 0 Å². The van der Waals surface area contributed by atoms with Crippen LogP contribution in [0, 0.1) is 0 Å². The molecule has 0 bridgehead atoms. The van der Waals surface area contributed by atoms with Gasteiger partial charge in [-0.1, -0.05) is 36.2 Å². The van der Waals surface area contributed by atoms with Gasteiger partial charge in [0.1, 0.15) is 0 Å². The summed E-state index contributed by atoms with van der Waals surface area (Å²) < 4.78 is 0. The summed E-state index contributed by atoms with van der Waals surface area (Å²) in [5, 5.41) is 1.52. The molecule has 2 heteroatoms. The molecular weight excluding hydrogens is 191 g/mol. The van der Waals surface area contributed by atoms with Gasteiger partial charge in [0.05, 0.1) is 0 Å². The highest BCUT2D eigenvalue weighted by Crippen LogP contribution is 2.23. The zero-order valence-corrected chi connectivity index (χ0v) is 8.62. The SMILES string of the molecule is C=C.CCc1c(Cl)cccc1Cl. The fourth-order valence-corrected chi connectivity index (χ4v) is 1.53. The van der Waals surface area contributed by atoms with Gasteiger partial charge in [-0.2, -0.15) is 0 Å². The van der Waals surface area contributed by atoms with E-state index in [9.17, 15) is 0 Å². The van der Waals surface area contributed by atoms with Gasteiger partial charge in [0, 0.05) is 10.0 Å². The monoisotopic (exact) mass is 202 g/mol. The molecule has 0 atom stereocenters. The lowest BCUT2D eigenvalue weighted by molar-refractivity contribution is 1.14. The topological polar surface area (TPSA) is 0 Å². The highest BCUT2D eigenvalue weighted by molar-refractivity contribution is 6.35. The summed E-state index contributed by atoms with van der Waals surface area (Å²) in [7, 11) is 0. The minimum atomic E-state index is 0.759. The Morgan fingerprint density at radius 1 is 1.17 bits per heavy atom. The Morgan fingerprint density at radius 2 is 1.58 bits per heavy atom. The van der Waals surface area contributed by atoms with Gasteiger partial charge in [-0.25, -0.2) is 0 Å². The summed E-state index contributed by atoms with van der Waals surface area (Å²) in [4.78, 5) is 0. The molecule has 0 spiro atoms. The summed E-state index contributed by atoms with van der Waals surface area (Å²) in [5.74, 6) is 0. The summed E-state index contributed by atoms with van der Waals surface area (Å²) in [5.41, 5.74) is 1.03. The molecule has 0 fully saturated rings. The molecule has 0 unspecified atom stereocenters. The maximum absolute atomic E-state index is 5.85. The van der Waals surface area contributed by atoms with Crippen molar-refractivity contribution in [2.75, 3.05) is 0 Å². The van der Waals surface area contributed by atoms with E-state index < -0.39 is 0 Å². The predicted molar refractivity (Wildman–Crippen MR) is 57.1 cm³/mol. The van der Waals surface area contributed by atoms with Crippen LogP contribution in [0.5, 0.6) is 0 Å². The van der Waals surface area contributed by atoms with Gasteiger partial charge < -0.3 is 0 Å². The maximum Gasteiger partial charge on any atom is 0.0452 e. The third-order valence-corrected chi connectivity index (χ3v) is 2.12. The van der Waals surface area contributed by atoms with Crippen LogP contribution in [0.3, 0.4) is 0 Å². The van der Waals surface area contributed by atoms with Crippen molar-refractivity contribution in [2.45, 2.75) is 13.3 Å². The van der Waals surface area contributed by atoms with Gasteiger partial charge in [-0.05, 0) is 24.1 Å². The molecule has 1 aromatic rings. The van der Waals surface area contributed by atoms with Crippen LogP contribution in [0.1, 0.15) is 12.5 Å². The van der Waals surface area contributed by atoms with Crippen molar-refractivity contribution in [1.29, 1.82) is 0 Å². The second-order valence-corrected chi connectivity index (χ2v) is 2.87. The van der Waals surface area contributed by atoms with Crippen LogP contribution in [-0.2, 0) is 6.42 Å². The average molecular weight is 203 g/mol. The molecule has 0 aromatic heterocycles. The summed E-state index contributed by atoms with van der Waals surface area (Å²) >= 11 is 11.7. The molecular formula is C10H12Cl2. The molecule has 66 valence electrons. The first-order valence-corrected chi connectivity index (χ1v) is 4.44. The van der Waals surface area contributed by atoms with E-state index in [4.69, 9.17) is 23.2 Å². The highest BCUT2D eigenvalue weighted by atomic mass is 35.5. The summed E-state index contributed by atoms with van der Waals surface area (Å²) in [6, 6.07) is 5.56. The second kappa shape index (κ2) is 6.10. The van der Waals surface area contributed by atoms with E-state index in [1.807, 2.05) is 25.1 Å². The van der Waals surface area contributed by atoms with E-state index in [1.54, 1.807) is 0 Å². The molecule has 0 saturated carbocycles. The van der Waals surface area contributed by atoms with Gasteiger partial charge in [-0.15, -0.1) is 13.2 Å². The molecule has 0 radical (unpaired) electrons. The minimum Gasteiger partial charge on any atom is -0.106 e. The van der Waals surface area contributed by atoms with E-state index in [-0.39, 0.29) is 0 Å². The van der Waals surface area contributed by atoms with E-state index in [1.165, 1.54) is 0 Å². The van der Waals surface area contributed by atoms with E-state index in [0.29, 0.717) is 0 Å². The third-order valence-electron chi connectivity index (χ3n) is 1.42. The van der Waals surface area contributed by atoms with Crippen LogP contribution >= 0.6 is 23.2 Å². The minimum absolute atomic E-state index is 0.759. The first-order valence-electron chi connectivity index (χ1n) is 3.68. The molecule has 0 saturated heterocycles. The summed E-state index contributed by atoms with van der Waals surface area (Å²) in [6.07, 6.45) is 0.887. The van der Waals surface area contributed by atoms with Crippen molar-refractivity contribution in [3.05, 3.63) is 47.0 Å². The highest BCUT2D eigenvalue weighted by Gasteiger charge is 2.00. The normalized spacial score (nSPS) is 8.58. The van der Waals surface area contributed by atoms with Crippen LogP contribution < -0.4 is 0 Å². The Balaban J connectivity index is 0.000000561. The zero-order chi connectivity index (χ0) is 9.56. The molecule has 0 amide bonds. The van der Waals surface area contributed by atoms with Crippen molar-refractivity contribution in [3.8, 4) is 0 Å². The van der Waals surface area contributed by atoms with E-state index in [0.717, 1.165) is 22.0 Å². The Labute approximate surface area is 83.8 Å². The standard InChI is InChI=1S/C8H8Cl2.C2H4/c1-2-6-7(9)4-3-5-8(6)10;1-2/h3-5H,2H2,1H3;1-2H2. The lowest BCUT2D eigenvalue weighted by Crippen LogP contribution is -1.82. The lowest BCUT2D eigenvalue weighted by atomic mass is 10.2. The van der Waals surface area contributed by atoms with Crippen molar-refractivity contribution in [3.63, 3.8) is 0 Å². The van der Waals surface area contributed by atoms with Gasteiger partial charge in [0.2, 0.25) is 0 Å². The van der Waals surface area contributed by atoms with Gasteiger partial charge in [0.15, 0.2) is 0 Å². The van der Waals surface area contributed by atoms with Gasteiger partial charge in [0.25, 0.3) is 0 Å². The quantitative estimate of drug-likeness (QED) is 0.595. The van der Waals surface area contributed by atoms with Crippen molar-refractivity contribution in [2.24, 2.45) is 0 Å². The fraction of sp³-hybridized carbons (Fsp3) is 0.200. The Kier molecular flexibility index (Phi) is 5.87. The van der Waals surface area contributed by atoms with E-state index >= 15 is 0 Å². The maximum atomic E-state index is 5.85. The number of halogens is 2. The van der Waals surface area contributed by atoms with Gasteiger partial charge in [-0.3, -0.25) is 0 Å². The molecule has 12 heavy (non-hydrogen) atoms. The second-order valence-electron chi connectivity index (χ2n) is 2.05. The number of hydrogen-bond acceptors (Lipinski definition) is 0. The van der Waals surface area contributed by atoms with Crippen LogP contribution in [0.15, 0.2) is 31.4 Å². The number of rotatable bonds is 1. The van der Waals surface area contributed by atoms with E-state index in [2.05, 4.69) is 13.2 Å². The zero-order valence-electron chi connectivity index (χ0n) is 7.11. The summed E-state index contributed by atoms with van der Waals surface area (Å²) in [6.45, 7) is 8.03. The Morgan fingerprint density at radius 3 is 1.83 bits per heavy atom. The average Bonchev–Trinajstić information content (AvgIpc) is 2.08. The molecule has 0 aliphatic rings. The molecule has 0 heterocycles. The van der Waals surface area contributed by atoms with Crippen LogP contribution in [0.25, 0.3) is 0 Å². The Bertz CT molecular complexity index is 223. The molecule has 1 aromatic carbocycles. The van der Waals surface area contributed by atoms with Crippen molar-refractivity contribution in [1.82, 2.24) is 0 Å². The van der Waals surface area contributed by atoms with Crippen molar-refractivity contribution < 1.29 is 0 Å². The van der Waals surface area contributed by atoms with Crippen LogP contribution in [0.4, 0.5) is 0 Å². The fourth-order valence-electron chi connectivity index (χ4n) is 0.870. The number of benzene rings is 1. The largest absolute Gasteiger partial charge is 0.106 e.